The average molecular weight is 699 g/mol. The molecule has 0 aliphatic carbocycles. The smallest absolute Gasteiger partial charge is 0.305 e. The molecule has 1 aromatic carbocycles. The van der Waals surface area contributed by atoms with Crippen LogP contribution in [0, 0.1) is 12.3 Å². The fourth-order valence-corrected chi connectivity index (χ4v) is 5.02. The summed E-state index contributed by atoms with van der Waals surface area (Å²) >= 11 is 0. The predicted molar refractivity (Wildman–Crippen MR) is 181 cm³/mol. The van der Waals surface area contributed by atoms with Crippen LogP contribution in [0.4, 0.5) is 0 Å². The zero-order chi connectivity index (χ0) is 37.1. The molecule has 0 radical (unpaired) electrons. The van der Waals surface area contributed by atoms with Crippen LogP contribution in [0.2, 0.25) is 0 Å². The first-order valence-electron chi connectivity index (χ1n) is 16.3. The summed E-state index contributed by atoms with van der Waals surface area (Å²) in [5.74, 6) is -3.23. The van der Waals surface area contributed by atoms with Gasteiger partial charge in [0.25, 0.3) is 0 Å². The Bertz CT molecular complexity index is 1440. The normalized spacial score (nSPS) is 20.4. The van der Waals surface area contributed by atoms with Crippen molar-refractivity contribution in [1.82, 2.24) is 26.6 Å². The Balaban J connectivity index is 2.42. The number of terminal acetylenes is 1. The van der Waals surface area contributed by atoms with Gasteiger partial charge in [-0.25, -0.2) is 0 Å². The monoisotopic (exact) mass is 698 g/mol. The molecule has 1 heterocycles. The third-order valence-corrected chi connectivity index (χ3v) is 7.66. The van der Waals surface area contributed by atoms with Crippen LogP contribution in [0.25, 0.3) is 0 Å². The molecule has 0 saturated carbocycles. The first-order chi connectivity index (χ1) is 23.8. The molecule has 1 saturated heterocycles. The van der Waals surface area contributed by atoms with Crippen molar-refractivity contribution in [2.75, 3.05) is 13.1 Å². The highest BCUT2D eigenvalue weighted by molar-refractivity contribution is 5.98. The number of hydrogen-bond acceptors (Lipinski definition) is 9. The Morgan fingerprint density at radius 3 is 2.14 bits per heavy atom. The van der Waals surface area contributed by atoms with Crippen LogP contribution in [0.1, 0.15) is 69.8 Å². The number of nitrogens with zero attached hydrogens (tertiary/aromatic N) is 1. The predicted octanol–water partition coefficient (Wildman–Crippen LogP) is -1.53. The Morgan fingerprint density at radius 1 is 0.860 bits per heavy atom. The minimum Gasteiger partial charge on any atom is -0.508 e. The summed E-state index contributed by atoms with van der Waals surface area (Å²) in [6, 6.07) is 0.550. The number of carbonyl (C=O) groups is 7. The van der Waals surface area contributed by atoms with E-state index in [2.05, 4.69) is 37.5 Å². The van der Waals surface area contributed by atoms with Crippen molar-refractivity contribution in [2.24, 2.45) is 16.5 Å². The molecule has 0 unspecified atom stereocenters. The van der Waals surface area contributed by atoms with E-state index in [1.54, 1.807) is 0 Å². The lowest BCUT2D eigenvalue weighted by molar-refractivity contribution is -0.141. The first kappa shape index (κ1) is 40.5. The number of nitrogens with two attached hydrogens (primary N) is 2. The number of phenolic OH excluding ortho intramolecular Hbond substituents is 1. The molecule has 50 heavy (non-hydrogen) atoms. The zero-order valence-corrected chi connectivity index (χ0v) is 27.7. The van der Waals surface area contributed by atoms with E-state index in [1.807, 2.05) is 0 Å². The molecule has 0 aromatic heterocycles. The van der Waals surface area contributed by atoms with Gasteiger partial charge in [0.05, 0.1) is 12.5 Å². The maximum Gasteiger partial charge on any atom is 0.305 e. The standard InChI is InChI=1S/C33H46N8O9/c1-2-3-9-27(44)36-16-5-4-7-23-30(48)39-22(8-6-17-37-33(34)35)26(43)14-15-28(45)38-25(19-29(46)47)32(50)41-24(31(49)40-23)18-20-10-12-21(42)13-11-20/h1,10-13,22-25,42H,3-9,14-19H2,(H,36,44)(H,38,45)(H,39,48)(H,40,49)(H,41,50)(H,46,47)(H4,34,35,37)/t22-,23-,24+,25-/m1/s1. The first-order valence-corrected chi connectivity index (χ1v) is 16.3. The van der Waals surface area contributed by atoms with Gasteiger partial charge in [0.15, 0.2) is 11.7 Å². The fourth-order valence-electron chi connectivity index (χ4n) is 5.02. The quantitative estimate of drug-likeness (QED) is 0.0438. The number of carboxylic acid groups (broad SMARTS) is 1. The van der Waals surface area contributed by atoms with E-state index in [0.29, 0.717) is 18.4 Å². The van der Waals surface area contributed by atoms with Crippen LogP contribution >= 0.6 is 0 Å². The number of carbonyl (C=O) groups excluding carboxylic acids is 6. The number of aliphatic carboxylic acids is 1. The summed E-state index contributed by atoms with van der Waals surface area (Å²) in [4.78, 5) is 94.3. The van der Waals surface area contributed by atoms with E-state index in [-0.39, 0.29) is 75.7 Å². The van der Waals surface area contributed by atoms with Crippen molar-refractivity contribution in [3.63, 3.8) is 0 Å². The summed E-state index contributed by atoms with van der Waals surface area (Å²) in [5, 5.41) is 32.0. The Hall–Kier alpha value is -5.66. The van der Waals surface area contributed by atoms with Crippen LogP contribution in [0.3, 0.4) is 0 Å². The number of aromatic hydroxyl groups is 1. The van der Waals surface area contributed by atoms with E-state index in [4.69, 9.17) is 17.9 Å². The molecule has 0 bridgehead atoms. The van der Waals surface area contributed by atoms with Crippen LogP contribution in [-0.2, 0) is 40.0 Å². The lowest BCUT2D eigenvalue weighted by atomic mass is 10.0. The van der Waals surface area contributed by atoms with E-state index in [1.165, 1.54) is 24.3 Å². The van der Waals surface area contributed by atoms with Gasteiger partial charge in [0, 0.05) is 45.2 Å². The second-order valence-electron chi connectivity index (χ2n) is 11.7. The van der Waals surface area contributed by atoms with E-state index in [9.17, 15) is 43.8 Å². The molecule has 0 spiro atoms. The number of benzene rings is 1. The van der Waals surface area contributed by atoms with Gasteiger partial charge in [-0.05, 0) is 49.8 Å². The second-order valence-corrected chi connectivity index (χ2v) is 11.7. The van der Waals surface area contributed by atoms with Crippen molar-refractivity contribution >= 4 is 47.2 Å². The topological polar surface area (TPSA) is 284 Å². The largest absolute Gasteiger partial charge is 0.508 e. The van der Waals surface area contributed by atoms with Crippen LogP contribution < -0.4 is 38.1 Å². The molecular formula is C33H46N8O9. The van der Waals surface area contributed by atoms with Gasteiger partial charge in [-0.3, -0.25) is 38.6 Å². The Kier molecular flexibility index (Phi) is 17.3. The van der Waals surface area contributed by atoms with Crippen molar-refractivity contribution in [1.29, 1.82) is 0 Å². The van der Waals surface area contributed by atoms with E-state index >= 15 is 0 Å². The molecule has 272 valence electrons. The third kappa shape index (κ3) is 15.5. The molecule has 1 aliphatic rings. The Labute approximate surface area is 289 Å². The minimum atomic E-state index is -1.59. The van der Waals surface area contributed by atoms with Gasteiger partial charge in [0.2, 0.25) is 29.5 Å². The number of rotatable bonds is 15. The van der Waals surface area contributed by atoms with Crippen LogP contribution in [0.15, 0.2) is 29.3 Å². The van der Waals surface area contributed by atoms with Gasteiger partial charge in [-0.15, -0.1) is 12.3 Å². The molecule has 17 heteroatoms. The number of nitrogens with one attached hydrogen (secondary N) is 5. The fraction of sp³-hybridized carbons (Fsp3) is 0.515. The molecule has 5 amide bonds. The summed E-state index contributed by atoms with van der Waals surface area (Å²) in [7, 11) is 0. The Morgan fingerprint density at radius 2 is 1.48 bits per heavy atom. The lowest BCUT2D eigenvalue weighted by Gasteiger charge is -2.26. The average Bonchev–Trinajstić information content (AvgIpc) is 3.06. The number of carboxylic acids is 1. The number of phenols is 1. The van der Waals surface area contributed by atoms with Gasteiger partial charge in [-0.1, -0.05) is 12.1 Å². The molecule has 2 rings (SSSR count). The van der Waals surface area contributed by atoms with Crippen molar-refractivity contribution < 1.29 is 43.8 Å². The number of unbranched alkanes of at least 4 members (excludes halogenated alkanes) is 1. The van der Waals surface area contributed by atoms with Crippen molar-refractivity contribution in [3.8, 4) is 18.1 Å². The highest BCUT2D eigenvalue weighted by atomic mass is 16.4. The maximum atomic E-state index is 13.8. The molecule has 11 N–H and O–H groups in total. The molecule has 1 aliphatic heterocycles. The van der Waals surface area contributed by atoms with Gasteiger partial charge in [0.1, 0.15) is 23.9 Å². The molecule has 1 aromatic rings. The number of amides is 5. The lowest BCUT2D eigenvalue weighted by Crippen LogP contribution is -2.58. The van der Waals surface area contributed by atoms with Gasteiger partial charge >= 0.3 is 5.97 Å². The second kappa shape index (κ2) is 21.3. The maximum absolute atomic E-state index is 13.8. The molecule has 4 atom stereocenters. The van der Waals surface area contributed by atoms with Gasteiger partial charge in [-0.2, -0.15) is 0 Å². The van der Waals surface area contributed by atoms with Crippen molar-refractivity contribution in [3.05, 3.63) is 29.8 Å². The number of guanidine groups is 1. The molecule has 17 nitrogen and oxygen atoms in total. The minimum absolute atomic E-state index is 0.0417. The summed E-state index contributed by atoms with van der Waals surface area (Å²) in [6.45, 7) is 0.433. The SMILES string of the molecule is C#CCCC(=O)NCCCC[C@H]1NC(=O)[C@H](Cc2ccc(O)cc2)NC(=O)[C@@H](CC(=O)O)NC(=O)CCC(=O)[C@@H](CCCN=C(N)N)NC1=O. The molecule has 1 fully saturated rings. The highest BCUT2D eigenvalue weighted by Gasteiger charge is 2.33. The third-order valence-electron chi connectivity index (χ3n) is 7.66. The number of ketones is 1. The van der Waals surface area contributed by atoms with Gasteiger partial charge < -0.3 is 48.3 Å². The van der Waals surface area contributed by atoms with Crippen molar-refractivity contribution in [2.45, 2.75) is 94.8 Å². The molecular weight excluding hydrogens is 652 g/mol. The highest BCUT2D eigenvalue weighted by Crippen LogP contribution is 2.14. The van der Waals surface area contributed by atoms with Crippen LogP contribution in [0.5, 0.6) is 5.75 Å². The summed E-state index contributed by atoms with van der Waals surface area (Å²) < 4.78 is 0. The summed E-state index contributed by atoms with van der Waals surface area (Å²) in [5.41, 5.74) is 11.3. The number of hydrogen-bond donors (Lipinski definition) is 9. The van der Waals surface area contributed by atoms with E-state index in [0.717, 1.165) is 0 Å². The number of aliphatic imine (C=N–C) groups is 1. The summed E-state index contributed by atoms with van der Waals surface area (Å²) in [6.07, 6.45) is 5.19. The zero-order valence-electron chi connectivity index (χ0n) is 27.7. The van der Waals surface area contributed by atoms with E-state index < -0.39 is 72.4 Å². The van der Waals surface area contributed by atoms with Crippen LogP contribution in [-0.4, -0.2) is 94.7 Å². The number of Topliss-reactive ketones (excluding diaryl/α,β-unsaturated/α-hetero) is 1.